The number of carbonyl (C=O) groups is 1. The third-order valence-electron chi connectivity index (χ3n) is 1.39. The normalized spacial score (nSPS) is 12.3. The van der Waals surface area contributed by atoms with Gasteiger partial charge in [0.15, 0.2) is 0 Å². The zero-order valence-electron chi connectivity index (χ0n) is 7.83. The molecule has 0 saturated heterocycles. The number of ether oxygens (including phenoxy) is 1. The summed E-state index contributed by atoms with van der Waals surface area (Å²) in [5.74, 6) is 0. The first kappa shape index (κ1) is 11.2. The van der Waals surface area contributed by atoms with E-state index in [1.807, 2.05) is 0 Å². The van der Waals surface area contributed by atoms with Crippen LogP contribution in [0.5, 0.6) is 0 Å². The average molecular weight is 175 g/mol. The number of methoxy groups -OCH3 is 1. The smallest absolute Gasteiger partial charge is 0.317 e. The van der Waals surface area contributed by atoms with Gasteiger partial charge in [0.1, 0.15) is 0 Å². The van der Waals surface area contributed by atoms with Crippen LogP contribution < -0.4 is 11.1 Å². The zero-order chi connectivity index (χ0) is 9.56. The molecule has 0 aliphatic heterocycles. The standard InChI is InChI=1S/C7H17N3O2/c1-10(2)7(11)9-6(4-8)5-12-3/h6H,4-5,8H2,1-3H3,(H,9,11). The third-order valence-corrected chi connectivity index (χ3v) is 1.39. The monoisotopic (exact) mass is 175 g/mol. The van der Waals surface area contributed by atoms with Gasteiger partial charge in [-0.15, -0.1) is 0 Å². The molecule has 0 bridgehead atoms. The number of nitrogens with one attached hydrogen (secondary N) is 1. The maximum Gasteiger partial charge on any atom is 0.317 e. The van der Waals surface area contributed by atoms with Crippen molar-refractivity contribution in [1.29, 1.82) is 0 Å². The highest BCUT2D eigenvalue weighted by Crippen LogP contribution is 1.84. The Labute approximate surface area is 72.9 Å². The Kier molecular flexibility index (Phi) is 5.40. The van der Waals surface area contributed by atoms with E-state index in [1.165, 1.54) is 4.90 Å². The summed E-state index contributed by atoms with van der Waals surface area (Å²) in [6, 6.07) is -0.257. The summed E-state index contributed by atoms with van der Waals surface area (Å²) in [6.07, 6.45) is 0. The SMILES string of the molecule is COCC(CN)NC(=O)N(C)C. The van der Waals surface area contributed by atoms with Crippen LogP contribution in [0, 0.1) is 0 Å². The minimum atomic E-state index is -0.150. The lowest BCUT2D eigenvalue weighted by Gasteiger charge is -2.18. The molecule has 1 unspecified atom stereocenters. The Morgan fingerprint density at radius 1 is 1.67 bits per heavy atom. The molecule has 0 rings (SSSR count). The van der Waals surface area contributed by atoms with E-state index in [0.717, 1.165) is 0 Å². The number of carbonyl (C=O) groups excluding carboxylic acids is 1. The van der Waals surface area contributed by atoms with Crippen LogP contribution >= 0.6 is 0 Å². The van der Waals surface area contributed by atoms with Gasteiger partial charge in [0.25, 0.3) is 0 Å². The Balaban J connectivity index is 3.77. The van der Waals surface area contributed by atoms with Crippen molar-refractivity contribution >= 4 is 6.03 Å². The maximum atomic E-state index is 11.1. The molecule has 0 heterocycles. The molecule has 1 atom stereocenters. The van der Waals surface area contributed by atoms with Crippen LogP contribution in [-0.4, -0.2) is 51.3 Å². The first-order valence-electron chi connectivity index (χ1n) is 3.78. The zero-order valence-corrected chi connectivity index (χ0v) is 7.83. The van der Waals surface area contributed by atoms with E-state index < -0.39 is 0 Å². The van der Waals surface area contributed by atoms with Crippen molar-refractivity contribution in [1.82, 2.24) is 10.2 Å². The molecular weight excluding hydrogens is 158 g/mol. The largest absolute Gasteiger partial charge is 0.383 e. The molecule has 0 aromatic carbocycles. The summed E-state index contributed by atoms with van der Waals surface area (Å²) in [7, 11) is 4.93. The number of nitrogens with two attached hydrogens (primary N) is 1. The van der Waals surface area contributed by atoms with Gasteiger partial charge in [-0.3, -0.25) is 0 Å². The van der Waals surface area contributed by atoms with E-state index in [9.17, 15) is 4.79 Å². The highest BCUT2D eigenvalue weighted by molar-refractivity contribution is 5.73. The molecule has 0 aliphatic rings. The molecule has 3 N–H and O–H groups in total. The van der Waals surface area contributed by atoms with Crippen LogP contribution in [0.4, 0.5) is 4.79 Å². The van der Waals surface area contributed by atoms with Crippen molar-refractivity contribution < 1.29 is 9.53 Å². The van der Waals surface area contributed by atoms with Crippen molar-refractivity contribution in [3.8, 4) is 0 Å². The molecule has 2 amide bonds. The quantitative estimate of drug-likeness (QED) is 0.589. The van der Waals surface area contributed by atoms with Gasteiger partial charge in [0.05, 0.1) is 12.6 Å². The van der Waals surface area contributed by atoms with Crippen LogP contribution in [-0.2, 0) is 4.74 Å². The van der Waals surface area contributed by atoms with E-state index >= 15 is 0 Å². The van der Waals surface area contributed by atoms with Crippen LogP contribution in [0.1, 0.15) is 0 Å². The first-order valence-corrected chi connectivity index (χ1v) is 3.78. The van der Waals surface area contributed by atoms with Crippen molar-refractivity contribution in [3.63, 3.8) is 0 Å². The fraction of sp³-hybridized carbons (Fsp3) is 0.857. The molecule has 72 valence electrons. The molecular formula is C7H17N3O2. The fourth-order valence-electron chi connectivity index (χ4n) is 0.674. The molecule has 0 radical (unpaired) electrons. The lowest BCUT2D eigenvalue weighted by Crippen LogP contribution is -2.47. The number of hydrogen-bond acceptors (Lipinski definition) is 3. The van der Waals surface area contributed by atoms with Gasteiger partial charge in [0.2, 0.25) is 0 Å². The number of rotatable bonds is 4. The second-order valence-corrected chi connectivity index (χ2v) is 2.73. The van der Waals surface area contributed by atoms with Crippen LogP contribution in [0.15, 0.2) is 0 Å². The van der Waals surface area contributed by atoms with Crippen LogP contribution in [0.2, 0.25) is 0 Å². The van der Waals surface area contributed by atoms with Crippen molar-refractivity contribution in [3.05, 3.63) is 0 Å². The van der Waals surface area contributed by atoms with E-state index in [1.54, 1.807) is 21.2 Å². The molecule has 0 spiro atoms. The summed E-state index contributed by atoms with van der Waals surface area (Å²) >= 11 is 0. The summed E-state index contributed by atoms with van der Waals surface area (Å²) in [6.45, 7) is 0.823. The van der Waals surface area contributed by atoms with E-state index in [-0.39, 0.29) is 12.1 Å². The number of amides is 2. The second-order valence-electron chi connectivity index (χ2n) is 2.73. The highest BCUT2D eigenvalue weighted by Gasteiger charge is 2.10. The van der Waals surface area contributed by atoms with E-state index in [4.69, 9.17) is 10.5 Å². The summed E-state index contributed by atoms with van der Waals surface area (Å²) in [5, 5.41) is 2.70. The predicted octanol–water partition coefficient (Wildman–Crippen LogP) is -0.769. The van der Waals surface area contributed by atoms with Gasteiger partial charge in [0, 0.05) is 27.7 Å². The Morgan fingerprint density at radius 3 is 2.58 bits per heavy atom. The molecule has 12 heavy (non-hydrogen) atoms. The minimum absolute atomic E-state index is 0.107. The van der Waals surface area contributed by atoms with Crippen molar-refractivity contribution in [2.45, 2.75) is 6.04 Å². The average Bonchev–Trinajstić information content (AvgIpc) is 2.03. The predicted molar refractivity (Wildman–Crippen MR) is 46.9 cm³/mol. The third kappa shape index (κ3) is 4.15. The lowest BCUT2D eigenvalue weighted by atomic mass is 10.3. The Hall–Kier alpha value is -0.810. The topological polar surface area (TPSA) is 67.6 Å². The van der Waals surface area contributed by atoms with Gasteiger partial charge < -0.3 is 20.7 Å². The van der Waals surface area contributed by atoms with Gasteiger partial charge in [-0.25, -0.2) is 4.79 Å². The molecule has 0 fully saturated rings. The van der Waals surface area contributed by atoms with E-state index in [0.29, 0.717) is 13.2 Å². The van der Waals surface area contributed by atoms with Gasteiger partial charge in [-0.1, -0.05) is 0 Å². The Morgan fingerprint density at radius 2 is 2.25 bits per heavy atom. The first-order chi connectivity index (χ1) is 5.61. The summed E-state index contributed by atoms with van der Waals surface area (Å²) in [4.78, 5) is 12.5. The lowest BCUT2D eigenvalue weighted by molar-refractivity contribution is 0.162. The summed E-state index contributed by atoms with van der Waals surface area (Å²) in [5.41, 5.74) is 5.39. The van der Waals surface area contributed by atoms with Gasteiger partial charge >= 0.3 is 6.03 Å². The molecule has 5 heteroatoms. The number of nitrogens with zero attached hydrogens (tertiary/aromatic N) is 1. The van der Waals surface area contributed by atoms with Gasteiger partial charge in [-0.05, 0) is 0 Å². The van der Waals surface area contributed by atoms with E-state index in [2.05, 4.69) is 5.32 Å². The van der Waals surface area contributed by atoms with Crippen molar-refractivity contribution in [2.75, 3.05) is 34.4 Å². The second kappa shape index (κ2) is 5.79. The molecule has 0 aliphatic carbocycles. The molecule has 0 saturated carbocycles. The fourth-order valence-corrected chi connectivity index (χ4v) is 0.674. The minimum Gasteiger partial charge on any atom is -0.383 e. The van der Waals surface area contributed by atoms with Gasteiger partial charge in [-0.2, -0.15) is 0 Å². The van der Waals surface area contributed by atoms with Crippen LogP contribution in [0.25, 0.3) is 0 Å². The van der Waals surface area contributed by atoms with Crippen LogP contribution in [0.3, 0.4) is 0 Å². The molecule has 0 aromatic heterocycles. The number of hydrogen-bond donors (Lipinski definition) is 2. The molecule has 5 nitrogen and oxygen atoms in total. The molecule has 0 aromatic rings. The summed E-state index contributed by atoms with van der Waals surface area (Å²) < 4.78 is 4.86. The maximum absolute atomic E-state index is 11.1. The number of urea groups is 1. The highest BCUT2D eigenvalue weighted by atomic mass is 16.5. The Bertz CT molecular complexity index is 139. The van der Waals surface area contributed by atoms with Crippen molar-refractivity contribution in [2.24, 2.45) is 5.73 Å².